The van der Waals surface area contributed by atoms with E-state index in [1.165, 1.54) is 43.4 Å². The van der Waals surface area contributed by atoms with E-state index in [1.54, 1.807) is 0 Å². The summed E-state index contributed by atoms with van der Waals surface area (Å²) < 4.78 is 39.2. The maximum Gasteiger partial charge on any atom is 0.323 e. The van der Waals surface area contributed by atoms with Crippen molar-refractivity contribution in [1.29, 1.82) is 0 Å². The molecule has 0 unspecified atom stereocenters. The Morgan fingerprint density at radius 3 is 2.62 bits per heavy atom. The molecule has 10 heteroatoms. The van der Waals surface area contributed by atoms with Crippen LogP contribution in [0.25, 0.3) is 11.0 Å². The minimum atomic E-state index is -3.95. The number of aromatic nitrogens is 2. The topological polar surface area (TPSA) is 115 Å². The molecular formula is C16H15FN4O4S. The normalized spacial score (nSPS) is 11.8. The predicted octanol–water partition coefficient (Wildman–Crippen LogP) is 1.25. The zero-order valence-electron chi connectivity index (χ0n) is 13.6. The SMILES string of the molecule is CN(CC(=O)Nc1cccc(F)c1)S(=O)(=O)c1ccc2[nH]c(=O)[nH]c2c1. The smallest absolute Gasteiger partial charge is 0.323 e. The van der Waals surface area contributed by atoms with E-state index >= 15 is 0 Å². The van der Waals surface area contributed by atoms with Gasteiger partial charge in [-0.25, -0.2) is 17.6 Å². The zero-order chi connectivity index (χ0) is 18.9. The number of rotatable bonds is 5. The number of nitrogens with zero attached hydrogens (tertiary/aromatic N) is 1. The molecule has 8 nitrogen and oxygen atoms in total. The molecule has 0 fully saturated rings. The van der Waals surface area contributed by atoms with Crippen LogP contribution in [0.5, 0.6) is 0 Å². The number of carbonyl (C=O) groups is 1. The number of benzene rings is 2. The van der Waals surface area contributed by atoms with Crippen LogP contribution < -0.4 is 11.0 Å². The van der Waals surface area contributed by atoms with Gasteiger partial charge >= 0.3 is 5.69 Å². The maximum atomic E-state index is 13.1. The molecule has 136 valence electrons. The molecule has 3 rings (SSSR count). The number of aromatic amines is 2. The second-order valence-corrected chi connectivity index (χ2v) is 7.65. The summed E-state index contributed by atoms with van der Waals surface area (Å²) in [5.41, 5.74) is 0.596. The number of carbonyl (C=O) groups excluding carboxylic acids is 1. The molecule has 0 atom stereocenters. The van der Waals surface area contributed by atoms with E-state index in [2.05, 4.69) is 15.3 Å². The third kappa shape index (κ3) is 3.65. The molecule has 3 aromatic rings. The summed E-state index contributed by atoms with van der Waals surface area (Å²) in [7, 11) is -2.70. The number of fused-ring (bicyclic) bond motifs is 1. The first-order chi connectivity index (χ1) is 12.3. The van der Waals surface area contributed by atoms with Crippen molar-refractivity contribution in [2.24, 2.45) is 0 Å². The monoisotopic (exact) mass is 378 g/mol. The summed E-state index contributed by atoms with van der Waals surface area (Å²) in [6.07, 6.45) is 0. The van der Waals surface area contributed by atoms with Crippen LogP contribution in [0, 0.1) is 5.82 Å². The maximum absolute atomic E-state index is 13.1. The summed E-state index contributed by atoms with van der Waals surface area (Å²) in [6, 6.07) is 9.38. The second kappa shape index (κ2) is 6.73. The van der Waals surface area contributed by atoms with Crippen molar-refractivity contribution in [1.82, 2.24) is 14.3 Å². The second-order valence-electron chi connectivity index (χ2n) is 5.61. The fourth-order valence-corrected chi connectivity index (χ4v) is 3.56. The molecule has 1 aromatic heterocycles. The van der Waals surface area contributed by atoms with Gasteiger partial charge in [-0.2, -0.15) is 4.31 Å². The molecule has 0 aliphatic rings. The minimum Gasteiger partial charge on any atom is -0.325 e. The summed E-state index contributed by atoms with van der Waals surface area (Å²) >= 11 is 0. The molecule has 0 spiro atoms. The Morgan fingerprint density at radius 2 is 1.88 bits per heavy atom. The Balaban J connectivity index is 1.77. The highest BCUT2D eigenvalue weighted by molar-refractivity contribution is 7.89. The van der Waals surface area contributed by atoms with Gasteiger partial charge in [0, 0.05) is 12.7 Å². The van der Waals surface area contributed by atoms with Gasteiger partial charge in [0.25, 0.3) is 0 Å². The fourth-order valence-electron chi connectivity index (χ4n) is 2.41. The van der Waals surface area contributed by atoms with Crippen molar-refractivity contribution in [3.63, 3.8) is 0 Å². The quantitative estimate of drug-likeness (QED) is 0.620. The van der Waals surface area contributed by atoms with Crippen LogP contribution in [0.4, 0.5) is 10.1 Å². The summed E-state index contributed by atoms with van der Waals surface area (Å²) in [6.45, 7) is -0.458. The largest absolute Gasteiger partial charge is 0.325 e. The highest BCUT2D eigenvalue weighted by Crippen LogP contribution is 2.18. The van der Waals surface area contributed by atoms with Crippen molar-refractivity contribution >= 4 is 32.7 Å². The summed E-state index contributed by atoms with van der Waals surface area (Å²) in [5.74, 6) is -1.13. The summed E-state index contributed by atoms with van der Waals surface area (Å²) in [4.78, 5) is 28.2. The Kier molecular flexibility index (Phi) is 4.62. The highest BCUT2D eigenvalue weighted by Gasteiger charge is 2.23. The number of sulfonamides is 1. The Morgan fingerprint density at radius 1 is 1.15 bits per heavy atom. The third-order valence-corrected chi connectivity index (χ3v) is 5.47. The van der Waals surface area contributed by atoms with E-state index in [9.17, 15) is 22.4 Å². The first kappa shape index (κ1) is 17.8. The van der Waals surface area contributed by atoms with Gasteiger partial charge in [0.1, 0.15) is 5.82 Å². The lowest BCUT2D eigenvalue weighted by Gasteiger charge is -2.17. The molecule has 0 saturated carbocycles. The van der Waals surface area contributed by atoms with E-state index in [-0.39, 0.29) is 10.6 Å². The molecule has 0 radical (unpaired) electrons. The average Bonchev–Trinajstić information content (AvgIpc) is 2.93. The van der Waals surface area contributed by atoms with E-state index in [0.29, 0.717) is 11.0 Å². The molecule has 0 saturated heterocycles. The molecule has 3 N–H and O–H groups in total. The lowest BCUT2D eigenvalue weighted by atomic mass is 10.3. The van der Waals surface area contributed by atoms with E-state index in [1.807, 2.05) is 0 Å². The molecule has 26 heavy (non-hydrogen) atoms. The van der Waals surface area contributed by atoms with Gasteiger partial charge in [-0.15, -0.1) is 0 Å². The number of nitrogens with one attached hydrogen (secondary N) is 3. The summed E-state index contributed by atoms with van der Waals surface area (Å²) in [5, 5.41) is 2.43. The van der Waals surface area contributed by atoms with E-state index in [0.717, 1.165) is 10.4 Å². The lowest BCUT2D eigenvalue weighted by molar-refractivity contribution is -0.116. The van der Waals surface area contributed by atoms with Gasteiger partial charge in [-0.05, 0) is 36.4 Å². The first-order valence-electron chi connectivity index (χ1n) is 7.49. The van der Waals surface area contributed by atoms with Gasteiger partial charge in [-0.3, -0.25) is 4.79 Å². The number of amides is 1. The highest BCUT2D eigenvalue weighted by atomic mass is 32.2. The number of halogens is 1. The third-order valence-electron chi connectivity index (χ3n) is 3.67. The van der Waals surface area contributed by atoms with Crippen molar-refractivity contribution in [3.8, 4) is 0 Å². The molecule has 0 bridgehead atoms. The van der Waals surface area contributed by atoms with Gasteiger partial charge in [-0.1, -0.05) is 6.07 Å². The van der Waals surface area contributed by atoms with Crippen molar-refractivity contribution < 1.29 is 17.6 Å². The molecule has 2 aromatic carbocycles. The Bertz CT molecular complexity index is 1140. The van der Waals surface area contributed by atoms with E-state index < -0.39 is 34.0 Å². The first-order valence-corrected chi connectivity index (χ1v) is 8.93. The van der Waals surface area contributed by atoms with Gasteiger partial charge in [0.15, 0.2) is 0 Å². The standard InChI is InChI=1S/C16H15FN4O4S/c1-21(9-15(22)18-11-4-2-3-10(17)7-11)26(24,25)12-5-6-13-14(8-12)20-16(23)19-13/h2-8H,9H2,1H3,(H,18,22)(H2,19,20,23). The van der Waals surface area contributed by atoms with Gasteiger partial charge in [0.05, 0.1) is 22.5 Å². The molecule has 1 heterocycles. The van der Waals surface area contributed by atoms with Crippen molar-refractivity contribution in [3.05, 3.63) is 58.8 Å². The van der Waals surface area contributed by atoms with Crippen LogP contribution in [0.15, 0.2) is 52.2 Å². The number of likely N-dealkylation sites (N-methyl/N-ethyl adjacent to an activating group) is 1. The fraction of sp³-hybridized carbons (Fsp3) is 0.125. The number of imidazole rings is 1. The van der Waals surface area contributed by atoms with Crippen molar-refractivity contribution in [2.45, 2.75) is 4.90 Å². The average molecular weight is 378 g/mol. The van der Waals surface area contributed by atoms with Crippen LogP contribution >= 0.6 is 0 Å². The molecule has 0 aliphatic carbocycles. The molecule has 1 amide bonds. The van der Waals surface area contributed by atoms with E-state index in [4.69, 9.17) is 0 Å². The van der Waals surface area contributed by atoms with Crippen LogP contribution in [-0.2, 0) is 14.8 Å². The van der Waals surface area contributed by atoms with Crippen LogP contribution in [-0.4, -0.2) is 42.2 Å². The zero-order valence-corrected chi connectivity index (χ0v) is 14.4. The molecular weight excluding hydrogens is 363 g/mol. The number of anilines is 1. The lowest BCUT2D eigenvalue weighted by Crippen LogP contribution is -2.35. The Labute approximate surface area is 147 Å². The Hall–Kier alpha value is -2.98. The molecule has 0 aliphatic heterocycles. The minimum absolute atomic E-state index is 0.0682. The van der Waals surface area contributed by atoms with Crippen molar-refractivity contribution in [2.75, 3.05) is 18.9 Å². The van der Waals surface area contributed by atoms with Crippen LogP contribution in [0.1, 0.15) is 0 Å². The predicted molar refractivity (Wildman–Crippen MR) is 93.8 cm³/mol. The number of hydrogen-bond acceptors (Lipinski definition) is 4. The van der Waals surface area contributed by atoms with Gasteiger partial charge < -0.3 is 15.3 Å². The number of H-pyrrole nitrogens is 2. The van der Waals surface area contributed by atoms with Crippen LogP contribution in [0.3, 0.4) is 0 Å². The van der Waals surface area contributed by atoms with Gasteiger partial charge in [0.2, 0.25) is 15.9 Å². The number of hydrogen-bond donors (Lipinski definition) is 3. The van der Waals surface area contributed by atoms with Crippen LogP contribution in [0.2, 0.25) is 0 Å².